The normalized spacial score (nSPS) is 10.7. The van der Waals surface area contributed by atoms with E-state index in [9.17, 15) is 9.90 Å². The molecule has 3 aromatic heterocycles. The molecule has 0 aromatic carbocycles. The van der Waals surface area contributed by atoms with Crippen LogP contribution < -0.4 is 0 Å². The number of carboxylic acids is 1. The van der Waals surface area contributed by atoms with E-state index in [0.717, 1.165) is 5.82 Å². The first-order chi connectivity index (χ1) is 10.2. The molecule has 0 aliphatic carbocycles. The van der Waals surface area contributed by atoms with Crippen molar-refractivity contribution in [1.82, 2.24) is 29.5 Å². The molecule has 0 aliphatic heterocycles. The second-order valence-corrected chi connectivity index (χ2v) is 4.44. The molecule has 0 radical (unpaired) electrons. The summed E-state index contributed by atoms with van der Waals surface area (Å²) >= 11 is 0. The molecule has 3 heterocycles. The Labute approximate surface area is 119 Å². The zero-order valence-electron chi connectivity index (χ0n) is 11.2. The molecule has 0 atom stereocenters. The average Bonchev–Trinajstić information content (AvgIpc) is 3.07. The lowest BCUT2D eigenvalue weighted by molar-refractivity contribution is 0.0691. The SMILES string of the molecule is Cn1ccnc1Cn1nnc(C(=O)O)c1-c1ccncc1. The van der Waals surface area contributed by atoms with E-state index in [0.29, 0.717) is 17.8 Å². The first-order valence-corrected chi connectivity index (χ1v) is 6.20. The molecule has 0 aliphatic rings. The second-order valence-electron chi connectivity index (χ2n) is 4.44. The molecular formula is C13H12N6O2. The summed E-state index contributed by atoms with van der Waals surface area (Å²) in [5, 5.41) is 17.0. The monoisotopic (exact) mass is 284 g/mol. The molecule has 0 saturated heterocycles. The van der Waals surface area contributed by atoms with Crippen LogP contribution in [0.15, 0.2) is 36.9 Å². The highest BCUT2D eigenvalue weighted by molar-refractivity contribution is 5.92. The van der Waals surface area contributed by atoms with Gasteiger partial charge in [-0.05, 0) is 12.1 Å². The lowest BCUT2D eigenvalue weighted by Crippen LogP contribution is -2.09. The van der Waals surface area contributed by atoms with Crippen LogP contribution in [0.5, 0.6) is 0 Å². The van der Waals surface area contributed by atoms with E-state index in [2.05, 4.69) is 20.3 Å². The molecule has 0 fully saturated rings. The van der Waals surface area contributed by atoms with E-state index >= 15 is 0 Å². The topological polar surface area (TPSA) is 98.7 Å². The smallest absolute Gasteiger partial charge is 0.358 e. The predicted molar refractivity (Wildman–Crippen MR) is 72.5 cm³/mol. The maximum atomic E-state index is 11.3. The molecule has 0 unspecified atom stereocenters. The number of aromatic nitrogens is 6. The Morgan fingerprint density at radius 3 is 2.67 bits per heavy atom. The maximum Gasteiger partial charge on any atom is 0.358 e. The number of carbonyl (C=O) groups is 1. The van der Waals surface area contributed by atoms with Gasteiger partial charge in [-0.2, -0.15) is 0 Å². The Bertz CT molecular complexity index is 777. The van der Waals surface area contributed by atoms with Crippen molar-refractivity contribution in [2.45, 2.75) is 6.54 Å². The summed E-state index contributed by atoms with van der Waals surface area (Å²) in [6.07, 6.45) is 6.69. The molecule has 0 saturated carbocycles. The number of hydrogen-bond acceptors (Lipinski definition) is 5. The van der Waals surface area contributed by atoms with Gasteiger partial charge in [0.2, 0.25) is 0 Å². The summed E-state index contributed by atoms with van der Waals surface area (Å²) in [5.74, 6) is -0.361. The number of nitrogens with zero attached hydrogens (tertiary/aromatic N) is 6. The lowest BCUT2D eigenvalue weighted by atomic mass is 10.1. The molecule has 8 nitrogen and oxygen atoms in total. The Kier molecular flexibility index (Phi) is 3.19. The fraction of sp³-hybridized carbons (Fsp3) is 0.154. The van der Waals surface area contributed by atoms with Gasteiger partial charge >= 0.3 is 5.97 Å². The fourth-order valence-corrected chi connectivity index (χ4v) is 2.05. The Balaban J connectivity index is 2.09. The molecule has 0 spiro atoms. The predicted octanol–water partition coefficient (Wildman–Crippen LogP) is 0.820. The van der Waals surface area contributed by atoms with Gasteiger partial charge in [-0.25, -0.2) is 14.5 Å². The number of rotatable bonds is 4. The Hall–Kier alpha value is -3.03. The average molecular weight is 284 g/mol. The third kappa shape index (κ3) is 2.38. The number of aromatic carboxylic acids is 1. The van der Waals surface area contributed by atoms with E-state index in [4.69, 9.17) is 0 Å². The van der Waals surface area contributed by atoms with E-state index in [-0.39, 0.29) is 5.69 Å². The van der Waals surface area contributed by atoms with Crippen LogP contribution in [0.2, 0.25) is 0 Å². The molecule has 3 aromatic rings. The number of imidazole rings is 1. The summed E-state index contributed by atoms with van der Waals surface area (Å²) in [6.45, 7) is 0.335. The Morgan fingerprint density at radius 1 is 1.29 bits per heavy atom. The van der Waals surface area contributed by atoms with Crippen LogP contribution in [0.1, 0.15) is 16.3 Å². The molecular weight excluding hydrogens is 272 g/mol. The van der Waals surface area contributed by atoms with Crippen molar-refractivity contribution in [1.29, 1.82) is 0 Å². The largest absolute Gasteiger partial charge is 0.476 e. The highest BCUT2D eigenvalue weighted by Crippen LogP contribution is 2.22. The molecule has 0 amide bonds. The van der Waals surface area contributed by atoms with Crippen LogP contribution in [0, 0.1) is 0 Å². The summed E-state index contributed by atoms with van der Waals surface area (Å²) in [4.78, 5) is 19.5. The highest BCUT2D eigenvalue weighted by atomic mass is 16.4. The van der Waals surface area contributed by atoms with Crippen molar-refractivity contribution in [2.24, 2.45) is 7.05 Å². The van der Waals surface area contributed by atoms with Crippen LogP contribution in [0.25, 0.3) is 11.3 Å². The number of aryl methyl sites for hydroxylation is 1. The van der Waals surface area contributed by atoms with Crippen LogP contribution in [0.3, 0.4) is 0 Å². The number of hydrogen-bond donors (Lipinski definition) is 1. The van der Waals surface area contributed by atoms with Gasteiger partial charge in [-0.3, -0.25) is 4.98 Å². The van der Waals surface area contributed by atoms with Gasteiger partial charge in [0, 0.05) is 37.4 Å². The van der Waals surface area contributed by atoms with Crippen molar-refractivity contribution in [3.8, 4) is 11.3 Å². The molecule has 106 valence electrons. The third-order valence-electron chi connectivity index (χ3n) is 3.10. The minimum absolute atomic E-state index is 0.0876. The molecule has 8 heteroatoms. The summed E-state index contributed by atoms with van der Waals surface area (Å²) < 4.78 is 3.37. The zero-order valence-corrected chi connectivity index (χ0v) is 11.2. The van der Waals surface area contributed by atoms with E-state index in [1.807, 2.05) is 17.8 Å². The quantitative estimate of drug-likeness (QED) is 0.761. The summed E-state index contributed by atoms with van der Waals surface area (Å²) in [7, 11) is 1.86. The van der Waals surface area contributed by atoms with Gasteiger partial charge in [0.15, 0.2) is 5.69 Å². The van der Waals surface area contributed by atoms with Crippen LogP contribution >= 0.6 is 0 Å². The molecule has 21 heavy (non-hydrogen) atoms. The minimum Gasteiger partial charge on any atom is -0.476 e. The van der Waals surface area contributed by atoms with Crippen molar-refractivity contribution in [3.05, 3.63) is 48.4 Å². The maximum absolute atomic E-state index is 11.3. The van der Waals surface area contributed by atoms with E-state index in [1.54, 1.807) is 30.7 Å². The van der Waals surface area contributed by atoms with Crippen LogP contribution in [0.4, 0.5) is 0 Å². The molecule has 1 N–H and O–H groups in total. The molecule has 0 bridgehead atoms. The first-order valence-electron chi connectivity index (χ1n) is 6.20. The Morgan fingerprint density at radius 2 is 2.05 bits per heavy atom. The highest BCUT2D eigenvalue weighted by Gasteiger charge is 2.21. The van der Waals surface area contributed by atoms with Gasteiger partial charge in [0.05, 0.1) is 0 Å². The van der Waals surface area contributed by atoms with Gasteiger partial charge in [0.1, 0.15) is 18.1 Å². The van der Waals surface area contributed by atoms with E-state index < -0.39 is 5.97 Å². The number of pyridine rings is 1. The fourth-order valence-electron chi connectivity index (χ4n) is 2.05. The van der Waals surface area contributed by atoms with E-state index in [1.165, 1.54) is 4.68 Å². The standard InChI is InChI=1S/C13H12N6O2/c1-18-7-6-15-10(18)8-19-12(9-2-4-14-5-3-9)11(13(20)21)16-17-19/h2-7H,8H2,1H3,(H,20,21). The van der Waals surface area contributed by atoms with Crippen molar-refractivity contribution in [2.75, 3.05) is 0 Å². The zero-order chi connectivity index (χ0) is 14.8. The van der Waals surface area contributed by atoms with Crippen LogP contribution in [-0.2, 0) is 13.6 Å². The molecule has 3 rings (SSSR count). The lowest BCUT2D eigenvalue weighted by Gasteiger charge is -2.07. The van der Waals surface area contributed by atoms with Gasteiger partial charge in [0.25, 0.3) is 0 Å². The number of carboxylic acid groups (broad SMARTS) is 1. The van der Waals surface area contributed by atoms with Crippen molar-refractivity contribution >= 4 is 5.97 Å². The van der Waals surface area contributed by atoms with Gasteiger partial charge < -0.3 is 9.67 Å². The van der Waals surface area contributed by atoms with Gasteiger partial charge in [-0.1, -0.05) is 5.21 Å². The third-order valence-corrected chi connectivity index (χ3v) is 3.10. The second kappa shape index (κ2) is 5.16. The first kappa shape index (κ1) is 13.0. The van der Waals surface area contributed by atoms with Crippen LogP contribution in [-0.4, -0.2) is 40.6 Å². The summed E-state index contributed by atoms with van der Waals surface area (Å²) in [5.41, 5.74) is 1.05. The van der Waals surface area contributed by atoms with Crippen molar-refractivity contribution in [3.63, 3.8) is 0 Å². The van der Waals surface area contributed by atoms with Gasteiger partial charge in [-0.15, -0.1) is 5.10 Å². The van der Waals surface area contributed by atoms with Crippen molar-refractivity contribution < 1.29 is 9.90 Å². The summed E-state index contributed by atoms with van der Waals surface area (Å²) in [6, 6.07) is 3.44. The minimum atomic E-state index is -1.12.